The van der Waals surface area contributed by atoms with Gasteiger partial charge in [-0.05, 0) is 18.2 Å². The second kappa shape index (κ2) is 7.08. The second-order valence-electron chi connectivity index (χ2n) is 5.42. The van der Waals surface area contributed by atoms with Gasteiger partial charge in [0.15, 0.2) is 11.6 Å². The second-order valence-corrected chi connectivity index (χ2v) is 5.42. The van der Waals surface area contributed by atoms with Crippen LogP contribution < -0.4 is 15.4 Å². The van der Waals surface area contributed by atoms with Gasteiger partial charge in [0, 0.05) is 31.3 Å². The van der Waals surface area contributed by atoms with Crippen molar-refractivity contribution in [3.8, 4) is 11.6 Å². The van der Waals surface area contributed by atoms with Crippen LogP contribution in [0.5, 0.6) is 11.6 Å². The van der Waals surface area contributed by atoms with Crippen molar-refractivity contribution in [3.05, 3.63) is 54.0 Å². The fourth-order valence-corrected chi connectivity index (χ4v) is 2.40. The highest BCUT2D eigenvalue weighted by Crippen LogP contribution is 2.25. The van der Waals surface area contributed by atoms with Gasteiger partial charge in [0.2, 0.25) is 17.7 Å². The first-order valence-corrected chi connectivity index (χ1v) is 7.54. The minimum Gasteiger partial charge on any atom is -0.436 e. The number of pyridine rings is 1. The summed E-state index contributed by atoms with van der Waals surface area (Å²) in [4.78, 5) is 27.3. The van der Waals surface area contributed by atoms with Gasteiger partial charge in [0.1, 0.15) is 0 Å². The number of carbonyl (C=O) groups is 2. The molecular formula is C17H16FN3O3. The van der Waals surface area contributed by atoms with Crippen molar-refractivity contribution in [2.45, 2.75) is 13.0 Å². The quantitative estimate of drug-likeness (QED) is 0.876. The number of para-hydroxylation sites is 1. The van der Waals surface area contributed by atoms with E-state index < -0.39 is 5.82 Å². The van der Waals surface area contributed by atoms with Crippen molar-refractivity contribution in [2.24, 2.45) is 5.92 Å². The Labute approximate surface area is 138 Å². The maximum absolute atomic E-state index is 13.7. The van der Waals surface area contributed by atoms with Crippen LogP contribution in [0.2, 0.25) is 0 Å². The molecule has 0 aliphatic carbocycles. The summed E-state index contributed by atoms with van der Waals surface area (Å²) in [7, 11) is 0. The lowest BCUT2D eigenvalue weighted by Gasteiger charge is -2.12. The fourth-order valence-electron chi connectivity index (χ4n) is 2.40. The molecule has 1 atom stereocenters. The van der Waals surface area contributed by atoms with E-state index in [1.54, 1.807) is 24.3 Å². The number of aromatic nitrogens is 1. The third-order valence-electron chi connectivity index (χ3n) is 3.69. The van der Waals surface area contributed by atoms with Gasteiger partial charge in [-0.25, -0.2) is 9.37 Å². The molecule has 0 unspecified atom stereocenters. The standard InChI is InChI=1S/C17H16FN3O3/c18-13-5-1-2-6-14(13)24-17-11(4-3-7-19-17)9-21-16(23)12-8-15(22)20-10-12/h1-7,12H,8-10H2,(H,20,22)(H,21,23)/t12-/m0/s1. The van der Waals surface area contributed by atoms with Gasteiger partial charge in [0.25, 0.3) is 0 Å². The van der Waals surface area contributed by atoms with Gasteiger partial charge in [-0.2, -0.15) is 0 Å². The van der Waals surface area contributed by atoms with Crippen LogP contribution in [0.15, 0.2) is 42.6 Å². The lowest BCUT2D eigenvalue weighted by Crippen LogP contribution is -2.31. The number of hydrogen-bond acceptors (Lipinski definition) is 4. The molecule has 1 aliphatic rings. The normalized spacial score (nSPS) is 16.5. The lowest BCUT2D eigenvalue weighted by atomic mass is 10.1. The first kappa shape index (κ1) is 15.9. The molecule has 0 bridgehead atoms. The number of nitrogens with one attached hydrogen (secondary N) is 2. The summed E-state index contributed by atoms with van der Waals surface area (Å²) in [6, 6.07) is 9.47. The molecule has 1 aromatic carbocycles. The Morgan fingerprint density at radius 1 is 1.33 bits per heavy atom. The molecule has 0 spiro atoms. The molecule has 2 N–H and O–H groups in total. The fraction of sp³-hybridized carbons (Fsp3) is 0.235. The van der Waals surface area contributed by atoms with E-state index in [-0.39, 0.29) is 42.3 Å². The van der Waals surface area contributed by atoms with Crippen LogP contribution in [0.1, 0.15) is 12.0 Å². The summed E-state index contributed by atoms with van der Waals surface area (Å²) in [5.41, 5.74) is 0.617. The zero-order valence-corrected chi connectivity index (χ0v) is 12.8. The number of hydrogen-bond donors (Lipinski definition) is 2. The summed E-state index contributed by atoms with van der Waals surface area (Å²) >= 11 is 0. The summed E-state index contributed by atoms with van der Waals surface area (Å²) in [5.74, 6) is -0.911. The molecule has 2 amide bonds. The van der Waals surface area contributed by atoms with Gasteiger partial charge in [-0.1, -0.05) is 18.2 Å². The minimum atomic E-state index is -0.492. The van der Waals surface area contributed by atoms with Crippen LogP contribution in [0, 0.1) is 11.7 Å². The molecule has 7 heteroatoms. The summed E-state index contributed by atoms with van der Waals surface area (Å²) in [6.07, 6.45) is 1.72. The summed E-state index contributed by atoms with van der Waals surface area (Å²) in [6.45, 7) is 0.525. The van der Waals surface area contributed by atoms with Gasteiger partial charge >= 0.3 is 0 Å². The minimum absolute atomic E-state index is 0.0642. The van der Waals surface area contributed by atoms with Crippen LogP contribution in [-0.4, -0.2) is 23.3 Å². The Kier molecular flexibility index (Phi) is 4.69. The van der Waals surface area contributed by atoms with Crippen molar-refractivity contribution in [1.29, 1.82) is 0 Å². The first-order chi connectivity index (χ1) is 11.6. The molecule has 24 heavy (non-hydrogen) atoms. The van der Waals surface area contributed by atoms with Crippen LogP contribution in [0.25, 0.3) is 0 Å². The Hall–Kier alpha value is -2.96. The summed E-state index contributed by atoms with van der Waals surface area (Å²) in [5, 5.41) is 5.38. The van der Waals surface area contributed by atoms with Crippen molar-refractivity contribution < 1.29 is 18.7 Å². The number of amides is 2. The molecular weight excluding hydrogens is 313 g/mol. The predicted molar refractivity (Wildman–Crippen MR) is 83.7 cm³/mol. The molecule has 1 aliphatic heterocycles. The SMILES string of the molecule is O=C1C[C@H](C(=O)NCc2cccnc2Oc2ccccc2F)CN1. The molecule has 2 aromatic rings. The van der Waals surface area contributed by atoms with Crippen molar-refractivity contribution in [2.75, 3.05) is 6.54 Å². The number of halogens is 1. The predicted octanol–water partition coefficient (Wildman–Crippen LogP) is 1.77. The average Bonchev–Trinajstić information content (AvgIpc) is 3.02. The van der Waals surface area contributed by atoms with E-state index in [0.717, 1.165) is 0 Å². The molecule has 124 valence electrons. The Morgan fingerprint density at radius 3 is 2.92 bits per heavy atom. The van der Waals surface area contributed by atoms with Gasteiger partial charge in [-0.3, -0.25) is 9.59 Å². The maximum atomic E-state index is 13.7. The number of nitrogens with zero attached hydrogens (tertiary/aromatic N) is 1. The molecule has 0 radical (unpaired) electrons. The molecule has 0 saturated carbocycles. The number of carbonyl (C=O) groups excluding carboxylic acids is 2. The third-order valence-corrected chi connectivity index (χ3v) is 3.69. The van der Waals surface area contributed by atoms with E-state index in [0.29, 0.717) is 12.1 Å². The zero-order valence-electron chi connectivity index (χ0n) is 12.8. The van der Waals surface area contributed by atoms with Crippen molar-refractivity contribution in [1.82, 2.24) is 15.6 Å². The molecule has 1 saturated heterocycles. The van der Waals surface area contributed by atoms with E-state index in [2.05, 4.69) is 15.6 Å². The van der Waals surface area contributed by atoms with E-state index >= 15 is 0 Å². The Morgan fingerprint density at radius 2 is 2.17 bits per heavy atom. The topological polar surface area (TPSA) is 80.3 Å². The van der Waals surface area contributed by atoms with Gasteiger partial charge < -0.3 is 15.4 Å². The van der Waals surface area contributed by atoms with E-state index in [9.17, 15) is 14.0 Å². The van der Waals surface area contributed by atoms with Crippen LogP contribution in [-0.2, 0) is 16.1 Å². The van der Waals surface area contributed by atoms with E-state index in [1.807, 2.05) is 0 Å². The highest BCUT2D eigenvalue weighted by molar-refractivity contribution is 5.89. The van der Waals surface area contributed by atoms with Crippen LogP contribution in [0.4, 0.5) is 4.39 Å². The van der Waals surface area contributed by atoms with E-state index in [1.165, 1.54) is 18.3 Å². The van der Waals surface area contributed by atoms with Crippen LogP contribution >= 0.6 is 0 Å². The lowest BCUT2D eigenvalue weighted by molar-refractivity contribution is -0.126. The average molecular weight is 329 g/mol. The van der Waals surface area contributed by atoms with Gasteiger partial charge in [0.05, 0.1) is 5.92 Å². The largest absolute Gasteiger partial charge is 0.436 e. The molecule has 2 heterocycles. The molecule has 6 nitrogen and oxygen atoms in total. The third kappa shape index (κ3) is 3.68. The Balaban J connectivity index is 1.67. The molecule has 1 aromatic heterocycles. The summed E-state index contributed by atoms with van der Waals surface area (Å²) < 4.78 is 19.2. The van der Waals surface area contributed by atoms with Crippen molar-refractivity contribution >= 4 is 11.8 Å². The van der Waals surface area contributed by atoms with Crippen LogP contribution in [0.3, 0.4) is 0 Å². The highest BCUT2D eigenvalue weighted by Gasteiger charge is 2.27. The van der Waals surface area contributed by atoms with E-state index in [4.69, 9.17) is 4.74 Å². The van der Waals surface area contributed by atoms with Gasteiger partial charge in [-0.15, -0.1) is 0 Å². The number of ether oxygens (including phenoxy) is 1. The number of rotatable bonds is 5. The Bertz CT molecular complexity index is 766. The zero-order chi connectivity index (χ0) is 16.9. The number of benzene rings is 1. The molecule has 1 fully saturated rings. The highest BCUT2D eigenvalue weighted by atomic mass is 19.1. The monoisotopic (exact) mass is 329 g/mol. The maximum Gasteiger partial charge on any atom is 0.225 e. The smallest absolute Gasteiger partial charge is 0.225 e. The first-order valence-electron chi connectivity index (χ1n) is 7.54. The van der Waals surface area contributed by atoms with Crippen molar-refractivity contribution in [3.63, 3.8) is 0 Å². The molecule has 3 rings (SSSR count).